The number of aliphatic hydroxyl groups excluding tert-OH is 1. The second-order valence-corrected chi connectivity index (χ2v) is 4.25. The van der Waals surface area contributed by atoms with Crippen molar-refractivity contribution in [2.24, 2.45) is 5.92 Å². The van der Waals surface area contributed by atoms with Crippen molar-refractivity contribution in [2.75, 3.05) is 13.2 Å². The van der Waals surface area contributed by atoms with Crippen molar-refractivity contribution in [3.63, 3.8) is 0 Å². The molecule has 11 heavy (non-hydrogen) atoms. The minimum absolute atomic E-state index is 0.204. The minimum Gasteiger partial charge on any atom is -0.396 e. The predicted molar refractivity (Wildman–Crippen MR) is 48.6 cm³/mol. The van der Waals surface area contributed by atoms with E-state index < -0.39 is 0 Å². The molecule has 0 bridgehead atoms. The van der Waals surface area contributed by atoms with Crippen molar-refractivity contribution in [2.45, 2.75) is 39.7 Å². The molecule has 0 aromatic carbocycles. The summed E-state index contributed by atoms with van der Waals surface area (Å²) in [5.74, 6) is 0.421. The van der Waals surface area contributed by atoms with E-state index >= 15 is 0 Å². The van der Waals surface area contributed by atoms with Gasteiger partial charge in [0, 0.05) is 12.1 Å². The quantitative estimate of drug-likeness (QED) is 0.649. The average Bonchev–Trinajstić information content (AvgIpc) is 1.85. The van der Waals surface area contributed by atoms with Gasteiger partial charge in [0.2, 0.25) is 0 Å². The highest BCUT2D eigenvalue weighted by atomic mass is 16.3. The SMILES string of the molecule is C[C@@H](CO)CCNC(C)(C)C. The molecule has 68 valence electrons. The first-order valence-electron chi connectivity index (χ1n) is 4.31. The first-order chi connectivity index (χ1) is 4.95. The maximum absolute atomic E-state index is 8.74. The molecular formula is C9H21NO. The lowest BCUT2D eigenvalue weighted by Crippen LogP contribution is -2.37. The van der Waals surface area contributed by atoms with Gasteiger partial charge in [-0.25, -0.2) is 0 Å². The standard InChI is InChI=1S/C9H21NO/c1-8(7-11)5-6-10-9(2,3)4/h8,10-11H,5-7H2,1-4H3/t8-/m1/s1. The van der Waals surface area contributed by atoms with Gasteiger partial charge in [0.05, 0.1) is 0 Å². The van der Waals surface area contributed by atoms with E-state index in [0.717, 1.165) is 13.0 Å². The molecule has 0 amide bonds. The predicted octanol–water partition coefficient (Wildman–Crippen LogP) is 1.39. The van der Waals surface area contributed by atoms with Gasteiger partial charge in [0.1, 0.15) is 0 Å². The van der Waals surface area contributed by atoms with E-state index in [9.17, 15) is 0 Å². The van der Waals surface area contributed by atoms with Crippen LogP contribution in [-0.4, -0.2) is 23.8 Å². The van der Waals surface area contributed by atoms with Gasteiger partial charge in [-0.05, 0) is 39.7 Å². The molecule has 0 rings (SSSR count). The summed E-state index contributed by atoms with van der Waals surface area (Å²) >= 11 is 0. The van der Waals surface area contributed by atoms with Gasteiger partial charge in [-0.3, -0.25) is 0 Å². The minimum atomic E-state index is 0.204. The van der Waals surface area contributed by atoms with Crippen LogP contribution in [0.1, 0.15) is 34.1 Å². The van der Waals surface area contributed by atoms with E-state index in [-0.39, 0.29) is 5.54 Å². The summed E-state index contributed by atoms with van der Waals surface area (Å²) < 4.78 is 0. The summed E-state index contributed by atoms with van der Waals surface area (Å²) in [4.78, 5) is 0. The Morgan fingerprint density at radius 1 is 1.36 bits per heavy atom. The molecular weight excluding hydrogens is 138 g/mol. The van der Waals surface area contributed by atoms with Gasteiger partial charge in [-0.15, -0.1) is 0 Å². The Morgan fingerprint density at radius 2 is 1.91 bits per heavy atom. The zero-order valence-electron chi connectivity index (χ0n) is 8.15. The molecule has 0 aliphatic heterocycles. The lowest BCUT2D eigenvalue weighted by molar-refractivity contribution is 0.226. The molecule has 2 nitrogen and oxygen atoms in total. The summed E-state index contributed by atoms with van der Waals surface area (Å²) in [5.41, 5.74) is 0.204. The highest BCUT2D eigenvalue weighted by Crippen LogP contribution is 2.02. The molecule has 0 fully saturated rings. The first kappa shape index (κ1) is 10.9. The Morgan fingerprint density at radius 3 is 2.27 bits per heavy atom. The highest BCUT2D eigenvalue weighted by molar-refractivity contribution is 4.70. The molecule has 0 heterocycles. The summed E-state index contributed by atoms with van der Waals surface area (Å²) in [6, 6.07) is 0. The second-order valence-electron chi connectivity index (χ2n) is 4.25. The van der Waals surface area contributed by atoms with Crippen molar-refractivity contribution in [3.8, 4) is 0 Å². The van der Waals surface area contributed by atoms with Crippen LogP contribution in [0.2, 0.25) is 0 Å². The number of hydrogen-bond acceptors (Lipinski definition) is 2. The van der Waals surface area contributed by atoms with E-state index in [2.05, 4.69) is 33.0 Å². The summed E-state index contributed by atoms with van der Waals surface area (Å²) in [6.07, 6.45) is 1.05. The van der Waals surface area contributed by atoms with Crippen LogP contribution in [0.25, 0.3) is 0 Å². The molecule has 0 unspecified atom stereocenters. The molecule has 2 N–H and O–H groups in total. The van der Waals surface area contributed by atoms with Crippen molar-refractivity contribution in [3.05, 3.63) is 0 Å². The number of aliphatic hydroxyl groups is 1. The highest BCUT2D eigenvalue weighted by Gasteiger charge is 2.08. The normalized spacial score (nSPS) is 15.0. The Balaban J connectivity index is 3.28. The molecule has 0 spiro atoms. The molecule has 0 saturated heterocycles. The third-order valence-corrected chi connectivity index (χ3v) is 1.60. The Bertz CT molecular complexity index is 96.2. The molecule has 0 aromatic heterocycles. The summed E-state index contributed by atoms with van der Waals surface area (Å²) in [5, 5.41) is 12.1. The van der Waals surface area contributed by atoms with E-state index in [1.807, 2.05) is 0 Å². The third-order valence-electron chi connectivity index (χ3n) is 1.60. The Labute approximate surface area is 70.0 Å². The Hall–Kier alpha value is -0.0800. The fourth-order valence-electron chi connectivity index (χ4n) is 0.785. The fraction of sp³-hybridized carbons (Fsp3) is 1.00. The van der Waals surface area contributed by atoms with Crippen LogP contribution in [0.15, 0.2) is 0 Å². The van der Waals surface area contributed by atoms with Gasteiger partial charge >= 0.3 is 0 Å². The van der Waals surface area contributed by atoms with Gasteiger partial charge in [-0.2, -0.15) is 0 Å². The number of rotatable bonds is 4. The summed E-state index contributed by atoms with van der Waals surface area (Å²) in [6.45, 7) is 9.80. The monoisotopic (exact) mass is 159 g/mol. The molecule has 0 saturated carbocycles. The van der Waals surface area contributed by atoms with E-state index in [0.29, 0.717) is 12.5 Å². The zero-order valence-corrected chi connectivity index (χ0v) is 8.15. The lowest BCUT2D eigenvalue weighted by atomic mass is 10.1. The smallest absolute Gasteiger partial charge is 0.0457 e. The summed E-state index contributed by atoms with van der Waals surface area (Å²) in [7, 11) is 0. The van der Waals surface area contributed by atoms with Gasteiger partial charge in [0.15, 0.2) is 0 Å². The maximum Gasteiger partial charge on any atom is 0.0457 e. The topological polar surface area (TPSA) is 32.3 Å². The van der Waals surface area contributed by atoms with Gasteiger partial charge < -0.3 is 10.4 Å². The van der Waals surface area contributed by atoms with Gasteiger partial charge in [-0.1, -0.05) is 6.92 Å². The van der Waals surface area contributed by atoms with Crippen molar-refractivity contribution in [1.82, 2.24) is 5.32 Å². The Kier molecular flexibility index (Phi) is 4.69. The first-order valence-corrected chi connectivity index (χ1v) is 4.31. The largest absolute Gasteiger partial charge is 0.396 e. The van der Waals surface area contributed by atoms with Crippen molar-refractivity contribution < 1.29 is 5.11 Å². The second kappa shape index (κ2) is 4.73. The molecule has 0 aliphatic rings. The molecule has 1 atom stereocenters. The van der Waals surface area contributed by atoms with E-state index in [1.54, 1.807) is 0 Å². The molecule has 0 aromatic rings. The van der Waals surface area contributed by atoms with Crippen molar-refractivity contribution >= 4 is 0 Å². The van der Waals surface area contributed by atoms with E-state index in [1.165, 1.54) is 0 Å². The van der Waals surface area contributed by atoms with E-state index in [4.69, 9.17) is 5.11 Å². The van der Waals surface area contributed by atoms with Crippen LogP contribution < -0.4 is 5.32 Å². The lowest BCUT2D eigenvalue weighted by Gasteiger charge is -2.21. The van der Waals surface area contributed by atoms with Crippen LogP contribution in [-0.2, 0) is 0 Å². The van der Waals surface area contributed by atoms with Gasteiger partial charge in [0.25, 0.3) is 0 Å². The molecule has 2 heteroatoms. The van der Waals surface area contributed by atoms with Crippen LogP contribution in [0.3, 0.4) is 0 Å². The van der Waals surface area contributed by atoms with Crippen LogP contribution in [0.4, 0.5) is 0 Å². The van der Waals surface area contributed by atoms with Crippen molar-refractivity contribution in [1.29, 1.82) is 0 Å². The fourth-order valence-corrected chi connectivity index (χ4v) is 0.785. The average molecular weight is 159 g/mol. The number of nitrogens with one attached hydrogen (secondary N) is 1. The molecule has 0 aliphatic carbocycles. The van der Waals surface area contributed by atoms with Crippen LogP contribution in [0, 0.1) is 5.92 Å². The molecule has 0 radical (unpaired) electrons. The third kappa shape index (κ3) is 7.82. The van der Waals surface area contributed by atoms with Crippen LogP contribution >= 0.6 is 0 Å². The maximum atomic E-state index is 8.74. The zero-order chi connectivity index (χ0) is 8.91. The van der Waals surface area contributed by atoms with Crippen LogP contribution in [0.5, 0.6) is 0 Å². The number of hydrogen-bond donors (Lipinski definition) is 2.